The van der Waals surface area contributed by atoms with Crippen LogP contribution in [-0.2, 0) is 4.79 Å². The lowest BCUT2D eigenvalue weighted by atomic mass is 10.2. The first-order chi connectivity index (χ1) is 11.1. The van der Waals surface area contributed by atoms with E-state index in [0.29, 0.717) is 5.75 Å². The molecular weight excluding hydrogens is 360 g/mol. The molecule has 2 aromatic rings. The summed E-state index contributed by atoms with van der Waals surface area (Å²) in [5.74, 6) is 1.05. The Labute approximate surface area is 143 Å². The third-order valence-electron chi connectivity index (χ3n) is 2.96. The van der Waals surface area contributed by atoms with E-state index in [1.54, 1.807) is 13.3 Å². The maximum absolute atomic E-state index is 11.7. The van der Waals surface area contributed by atoms with E-state index in [4.69, 9.17) is 9.47 Å². The van der Waals surface area contributed by atoms with Crippen molar-refractivity contribution in [3.8, 4) is 11.5 Å². The summed E-state index contributed by atoms with van der Waals surface area (Å²) in [5, 5.41) is 3.89. The summed E-state index contributed by atoms with van der Waals surface area (Å²) >= 11 is 3.40. The number of nitrogens with zero attached hydrogens (tertiary/aromatic N) is 1. The van der Waals surface area contributed by atoms with Gasteiger partial charge in [0.05, 0.1) is 17.8 Å². The minimum Gasteiger partial charge on any atom is -0.497 e. The fourth-order valence-electron chi connectivity index (χ4n) is 1.77. The summed E-state index contributed by atoms with van der Waals surface area (Å²) in [5.41, 5.74) is 4.38. The summed E-state index contributed by atoms with van der Waals surface area (Å²) < 4.78 is 11.3. The number of amides is 1. The van der Waals surface area contributed by atoms with Gasteiger partial charge in [-0.2, -0.15) is 5.10 Å². The van der Waals surface area contributed by atoms with Gasteiger partial charge in [-0.05, 0) is 70.4 Å². The van der Waals surface area contributed by atoms with Gasteiger partial charge >= 0.3 is 0 Å². The molecule has 0 saturated carbocycles. The molecule has 0 aromatic heterocycles. The van der Waals surface area contributed by atoms with Gasteiger partial charge in [0.25, 0.3) is 5.91 Å². The molecule has 0 aliphatic rings. The molecule has 6 heteroatoms. The molecule has 0 saturated heterocycles. The number of halogens is 1. The summed E-state index contributed by atoms with van der Waals surface area (Å²) in [6.07, 6.45) is 1.55. The molecule has 120 valence electrons. The Bertz CT molecular complexity index is 699. The van der Waals surface area contributed by atoms with Crippen molar-refractivity contribution in [2.24, 2.45) is 5.10 Å². The third kappa shape index (κ3) is 5.41. The molecule has 0 unspecified atom stereocenters. The van der Waals surface area contributed by atoms with Crippen LogP contribution in [-0.4, -0.2) is 25.8 Å². The third-order valence-corrected chi connectivity index (χ3v) is 3.58. The number of carbonyl (C=O) groups excluding carboxylic acids is 1. The minimum atomic E-state index is -0.331. The standard InChI is InChI=1S/C17H17BrN2O3/c1-12-3-8-16(15(18)9-12)23-11-17(21)20-19-10-13-4-6-14(22-2)7-5-13/h3-10H,11H2,1-2H3,(H,20,21)/b19-10+. The van der Waals surface area contributed by atoms with E-state index in [-0.39, 0.29) is 12.5 Å². The van der Waals surface area contributed by atoms with Gasteiger partial charge in [-0.1, -0.05) is 6.07 Å². The molecule has 1 N–H and O–H groups in total. The van der Waals surface area contributed by atoms with Crippen LogP contribution in [0.2, 0.25) is 0 Å². The molecule has 1 amide bonds. The summed E-state index contributed by atoms with van der Waals surface area (Å²) in [4.78, 5) is 11.7. The lowest BCUT2D eigenvalue weighted by Crippen LogP contribution is -2.24. The normalized spacial score (nSPS) is 10.6. The number of carbonyl (C=O) groups is 1. The molecule has 0 fully saturated rings. The second kappa shape index (κ2) is 8.33. The SMILES string of the molecule is COc1ccc(/C=N/NC(=O)COc2ccc(C)cc2Br)cc1. The van der Waals surface area contributed by atoms with Gasteiger partial charge < -0.3 is 9.47 Å². The van der Waals surface area contributed by atoms with Crippen molar-refractivity contribution in [1.82, 2.24) is 5.43 Å². The van der Waals surface area contributed by atoms with E-state index in [1.807, 2.05) is 49.4 Å². The molecular formula is C17H17BrN2O3. The van der Waals surface area contributed by atoms with Crippen LogP contribution in [0.5, 0.6) is 11.5 Å². The molecule has 0 atom stereocenters. The first-order valence-corrected chi connectivity index (χ1v) is 7.72. The van der Waals surface area contributed by atoms with E-state index >= 15 is 0 Å². The van der Waals surface area contributed by atoms with Crippen LogP contribution in [0.15, 0.2) is 52.0 Å². The van der Waals surface area contributed by atoms with Crippen molar-refractivity contribution in [3.05, 3.63) is 58.1 Å². The van der Waals surface area contributed by atoms with Crippen LogP contribution in [0.4, 0.5) is 0 Å². The monoisotopic (exact) mass is 376 g/mol. The Morgan fingerprint density at radius 3 is 2.65 bits per heavy atom. The Morgan fingerprint density at radius 1 is 1.26 bits per heavy atom. The molecule has 5 nitrogen and oxygen atoms in total. The number of hydrogen-bond donors (Lipinski definition) is 1. The molecule has 2 aromatic carbocycles. The van der Waals surface area contributed by atoms with Crippen molar-refractivity contribution >= 4 is 28.1 Å². The molecule has 0 aliphatic heterocycles. The topological polar surface area (TPSA) is 59.9 Å². The van der Waals surface area contributed by atoms with E-state index in [1.165, 1.54) is 0 Å². The molecule has 0 spiro atoms. The first-order valence-electron chi connectivity index (χ1n) is 6.93. The summed E-state index contributed by atoms with van der Waals surface area (Å²) in [7, 11) is 1.61. The zero-order valence-electron chi connectivity index (χ0n) is 12.9. The Hall–Kier alpha value is -2.34. The average molecular weight is 377 g/mol. The minimum absolute atomic E-state index is 0.110. The van der Waals surface area contributed by atoms with Gasteiger partial charge in [-0.25, -0.2) is 5.43 Å². The maximum Gasteiger partial charge on any atom is 0.277 e. The Morgan fingerprint density at radius 2 is 2.00 bits per heavy atom. The van der Waals surface area contributed by atoms with Gasteiger partial charge in [0.2, 0.25) is 0 Å². The van der Waals surface area contributed by atoms with Crippen LogP contribution in [0, 0.1) is 6.92 Å². The molecule has 0 heterocycles. The van der Waals surface area contributed by atoms with Crippen LogP contribution < -0.4 is 14.9 Å². The highest BCUT2D eigenvalue weighted by molar-refractivity contribution is 9.10. The summed E-state index contributed by atoms with van der Waals surface area (Å²) in [6.45, 7) is 1.87. The van der Waals surface area contributed by atoms with Crippen LogP contribution in [0.25, 0.3) is 0 Å². The van der Waals surface area contributed by atoms with E-state index in [2.05, 4.69) is 26.5 Å². The largest absolute Gasteiger partial charge is 0.497 e. The second-order valence-electron chi connectivity index (χ2n) is 4.79. The van der Waals surface area contributed by atoms with Gasteiger partial charge in [-0.3, -0.25) is 4.79 Å². The summed E-state index contributed by atoms with van der Waals surface area (Å²) in [6, 6.07) is 13.0. The van der Waals surface area contributed by atoms with E-state index in [0.717, 1.165) is 21.3 Å². The highest BCUT2D eigenvalue weighted by Crippen LogP contribution is 2.25. The molecule has 2 rings (SSSR count). The van der Waals surface area contributed by atoms with Crippen molar-refractivity contribution in [1.29, 1.82) is 0 Å². The lowest BCUT2D eigenvalue weighted by molar-refractivity contribution is -0.123. The molecule has 0 aliphatic carbocycles. The molecule has 0 bridgehead atoms. The Balaban J connectivity index is 1.81. The maximum atomic E-state index is 11.7. The lowest BCUT2D eigenvalue weighted by Gasteiger charge is -2.07. The van der Waals surface area contributed by atoms with Crippen LogP contribution in [0.3, 0.4) is 0 Å². The fourth-order valence-corrected chi connectivity index (χ4v) is 2.37. The quantitative estimate of drug-likeness (QED) is 0.621. The fraction of sp³-hybridized carbons (Fsp3) is 0.176. The molecule has 0 radical (unpaired) electrons. The number of hydrazone groups is 1. The van der Waals surface area contributed by atoms with Crippen LogP contribution in [0.1, 0.15) is 11.1 Å². The zero-order valence-corrected chi connectivity index (χ0v) is 14.5. The number of methoxy groups -OCH3 is 1. The van der Waals surface area contributed by atoms with Gasteiger partial charge in [0, 0.05) is 0 Å². The number of hydrogen-bond acceptors (Lipinski definition) is 4. The number of ether oxygens (including phenoxy) is 2. The van der Waals surface area contributed by atoms with Crippen molar-refractivity contribution < 1.29 is 14.3 Å². The predicted molar refractivity (Wildman–Crippen MR) is 93.1 cm³/mol. The van der Waals surface area contributed by atoms with Gasteiger partial charge in [-0.15, -0.1) is 0 Å². The number of nitrogens with one attached hydrogen (secondary N) is 1. The smallest absolute Gasteiger partial charge is 0.277 e. The number of rotatable bonds is 6. The van der Waals surface area contributed by atoms with Gasteiger partial charge in [0.1, 0.15) is 11.5 Å². The zero-order chi connectivity index (χ0) is 16.7. The highest BCUT2D eigenvalue weighted by Gasteiger charge is 2.05. The first kappa shape index (κ1) is 17.0. The number of benzene rings is 2. The van der Waals surface area contributed by atoms with E-state index < -0.39 is 0 Å². The Kier molecular flexibility index (Phi) is 6.17. The van der Waals surface area contributed by atoms with Crippen molar-refractivity contribution in [3.63, 3.8) is 0 Å². The molecule has 23 heavy (non-hydrogen) atoms. The van der Waals surface area contributed by atoms with E-state index in [9.17, 15) is 4.79 Å². The highest BCUT2D eigenvalue weighted by atomic mass is 79.9. The van der Waals surface area contributed by atoms with Gasteiger partial charge in [0.15, 0.2) is 6.61 Å². The predicted octanol–water partition coefficient (Wildman–Crippen LogP) is 3.30. The van der Waals surface area contributed by atoms with Crippen molar-refractivity contribution in [2.75, 3.05) is 13.7 Å². The average Bonchev–Trinajstić information content (AvgIpc) is 2.54. The second-order valence-corrected chi connectivity index (χ2v) is 5.64. The van der Waals surface area contributed by atoms with Crippen LogP contribution >= 0.6 is 15.9 Å². The number of aryl methyl sites for hydroxylation is 1. The van der Waals surface area contributed by atoms with Crippen molar-refractivity contribution in [2.45, 2.75) is 6.92 Å².